The summed E-state index contributed by atoms with van der Waals surface area (Å²) < 4.78 is 6.13. The van der Waals surface area contributed by atoms with E-state index in [9.17, 15) is 19.7 Å². The van der Waals surface area contributed by atoms with Crippen LogP contribution in [0.1, 0.15) is 6.42 Å². The van der Waals surface area contributed by atoms with Crippen molar-refractivity contribution in [3.05, 3.63) is 63.1 Å². The van der Waals surface area contributed by atoms with Gasteiger partial charge in [0, 0.05) is 23.1 Å². The quantitative estimate of drug-likeness (QED) is 0.280. The molecule has 1 heterocycles. The summed E-state index contributed by atoms with van der Waals surface area (Å²) in [6.45, 7) is -0.305. The number of hydrogen-bond donors (Lipinski definition) is 1. The largest absolute Gasteiger partial charge is 0.420 e. The molecule has 2 aromatic carbocycles. The Labute approximate surface area is 162 Å². The van der Waals surface area contributed by atoms with Gasteiger partial charge in [0.25, 0.3) is 5.69 Å². The van der Waals surface area contributed by atoms with Gasteiger partial charge in [-0.2, -0.15) is 5.26 Å². The first-order chi connectivity index (χ1) is 13.5. The lowest BCUT2D eigenvalue weighted by atomic mass is 10.3. The average Bonchev–Trinajstić information content (AvgIpc) is 2.97. The third-order valence-electron chi connectivity index (χ3n) is 3.80. The van der Waals surface area contributed by atoms with E-state index in [1.54, 1.807) is 12.1 Å². The Kier molecular flexibility index (Phi) is 5.76. The van der Waals surface area contributed by atoms with Crippen molar-refractivity contribution in [3.8, 4) is 6.07 Å². The van der Waals surface area contributed by atoms with E-state index in [1.807, 2.05) is 12.1 Å². The number of fused-ring (bicyclic) bond motifs is 1. The predicted octanol–water partition coefficient (Wildman–Crippen LogP) is 3.15. The second-order valence-electron chi connectivity index (χ2n) is 5.66. The minimum atomic E-state index is -0.776. The first-order valence-electron chi connectivity index (χ1n) is 8.16. The molecular formula is C18H14N4O5S. The highest BCUT2D eigenvalue weighted by Crippen LogP contribution is 2.27. The van der Waals surface area contributed by atoms with Crippen LogP contribution in [0.4, 0.5) is 11.4 Å². The van der Waals surface area contributed by atoms with Gasteiger partial charge in [-0.1, -0.05) is 12.1 Å². The van der Waals surface area contributed by atoms with Crippen LogP contribution in [-0.4, -0.2) is 21.2 Å². The Bertz CT molecular complexity index is 1140. The van der Waals surface area contributed by atoms with Gasteiger partial charge in [-0.25, -0.2) is 4.79 Å². The second kappa shape index (κ2) is 8.41. The number of oxazole rings is 1. The van der Waals surface area contributed by atoms with Crippen LogP contribution in [0.15, 0.2) is 56.6 Å². The van der Waals surface area contributed by atoms with Crippen LogP contribution in [0.25, 0.3) is 11.1 Å². The zero-order valence-corrected chi connectivity index (χ0v) is 15.3. The average molecular weight is 398 g/mol. The minimum absolute atomic E-state index is 0.0412. The summed E-state index contributed by atoms with van der Waals surface area (Å²) in [5.74, 6) is -0.632. The van der Waals surface area contributed by atoms with Crippen molar-refractivity contribution < 1.29 is 14.1 Å². The predicted molar refractivity (Wildman–Crippen MR) is 103 cm³/mol. The topological polar surface area (TPSA) is 131 Å². The van der Waals surface area contributed by atoms with E-state index in [0.717, 1.165) is 15.5 Å². The van der Waals surface area contributed by atoms with Crippen molar-refractivity contribution in [1.29, 1.82) is 5.26 Å². The number of benzene rings is 2. The minimum Gasteiger partial charge on any atom is -0.407 e. The number of para-hydroxylation sites is 1. The maximum atomic E-state index is 12.5. The van der Waals surface area contributed by atoms with E-state index >= 15 is 0 Å². The van der Waals surface area contributed by atoms with E-state index in [2.05, 4.69) is 11.4 Å². The van der Waals surface area contributed by atoms with Crippen molar-refractivity contribution in [3.63, 3.8) is 0 Å². The number of nitro benzene ring substituents is 1. The van der Waals surface area contributed by atoms with Gasteiger partial charge in [0.1, 0.15) is 6.54 Å². The normalized spacial score (nSPS) is 10.5. The molecule has 0 aliphatic carbocycles. The molecule has 0 fully saturated rings. The summed E-state index contributed by atoms with van der Waals surface area (Å²) >= 11 is 1.44. The van der Waals surface area contributed by atoms with Crippen LogP contribution >= 0.6 is 11.8 Å². The highest BCUT2D eigenvalue weighted by atomic mass is 32.2. The Balaban J connectivity index is 1.79. The van der Waals surface area contributed by atoms with Gasteiger partial charge in [0.05, 0.1) is 28.3 Å². The molecule has 9 nitrogen and oxygen atoms in total. The van der Waals surface area contributed by atoms with Gasteiger partial charge in [-0.15, -0.1) is 11.8 Å². The monoisotopic (exact) mass is 398 g/mol. The van der Waals surface area contributed by atoms with Crippen LogP contribution in [0.5, 0.6) is 0 Å². The Morgan fingerprint density at radius 1 is 1.32 bits per heavy atom. The molecule has 0 aliphatic rings. The fourth-order valence-electron chi connectivity index (χ4n) is 2.55. The highest BCUT2D eigenvalue weighted by molar-refractivity contribution is 7.99. The van der Waals surface area contributed by atoms with Crippen molar-refractivity contribution in [2.75, 3.05) is 11.1 Å². The summed E-state index contributed by atoms with van der Waals surface area (Å²) in [6, 6.07) is 13.0. The Morgan fingerprint density at radius 3 is 2.86 bits per heavy atom. The number of rotatable bonds is 7. The number of nitrogens with zero attached hydrogens (tertiary/aromatic N) is 3. The second-order valence-corrected chi connectivity index (χ2v) is 6.80. The van der Waals surface area contributed by atoms with E-state index in [4.69, 9.17) is 9.68 Å². The van der Waals surface area contributed by atoms with Crippen molar-refractivity contribution in [2.24, 2.45) is 0 Å². The van der Waals surface area contributed by atoms with Gasteiger partial charge in [0.2, 0.25) is 5.91 Å². The number of anilines is 1. The first kappa shape index (κ1) is 19.2. The van der Waals surface area contributed by atoms with E-state index in [-0.39, 0.29) is 17.8 Å². The number of amides is 1. The Hall–Kier alpha value is -3.58. The van der Waals surface area contributed by atoms with Crippen LogP contribution < -0.4 is 11.1 Å². The third kappa shape index (κ3) is 4.21. The molecular weight excluding hydrogens is 384 g/mol. The standard InChI is InChI=1S/C18H14N4O5S/c19-8-3-9-28-16-5-2-1-4-13(16)20-17(23)11-21-14-7-6-12(22(25)26)10-15(14)27-18(21)24/h1-2,4-7,10H,3,9,11H2,(H,20,23). The molecule has 142 valence electrons. The van der Waals surface area contributed by atoms with Crippen molar-refractivity contribution >= 4 is 40.1 Å². The molecule has 0 saturated heterocycles. The van der Waals surface area contributed by atoms with Gasteiger partial charge >= 0.3 is 5.76 Å². The molecule has 1 amide bonds. The number of non-ortho nitro benzene ring substituents is 1. The molecule has 28 heavy (non-hydrogen) atoms. The molecule has 1 N–H and O–H groups in total. The third-order valence-corrected chi connectivity index (χ3v) is 4.87. The molecule has 0 saturated carbocycles. The number of nitriles is 1. The number of aromatic nitrogens is 1. The van der Waals surface area contributed by atoms with Gasteiger partial charge in [0.15, 0.2) is 5.58 Å². The summed E-state index contributed by atoms with van der Waals surface area (Å²) in [7, 11) is 0. The van der Waals surface area contributed by atoms with E-state index < -0.39 is 16.6 Å². The lowest BCUT2D eigenvalue weighted by molar-refractivity contribution is -0.384. The molecule has 0 spiro atoms. The fraction of sp³-hybridized carbons (Fsp3) is 0.167. The molecule has 3 aromatic rings. The number of carbonyl (C=O) groups is 1. The number of nitro groups is 1. The maximum absolute atomic E-state index is 12.5. The lowest BCUT2D eigenvalue weighted by Crippen LogP contribution is -2.25. The SMILES string of the molecule is N#CCCSc1ccccc1NC(=O)Cn1c(=O)oc2cc([N+](=O)[O-])ccc21. The van der Waals surface area contributed by atoms with Crippen LogP contribution in [0.3, 0.4) is 0 Å². The highest BCUT2D eigenvalue weighted by Gasteiger charge is 2.16. The summed E-state index contributed by atoms with van der Waals surface area (Å²) in [4.78, 5) is 35.6. The Morgan fingerprint density at radius 2 is 2.11 bits per heavy atom. The smallest absolute Gasteiger partial charge is 0.407 e. The maximum Gasteiger partial charge on any atom is 0.420 e. The molecule has 0 radical (unpaired) electrons. The molecule has 0 unspecified atom stereocenters. The molecule has 3 rings (SSSR count). The number of thioether (sulfide) groups is 1. The number of hydrogen-bond acceptors (Lipinski definition) is 7. The van der Waals surface area contributed by atoms with E-state index in [1.165, 1.54) is 23.9 Å². The summed E-state index contributed by atoms with van der Waals surface area (Å²) in [6.07, 6.45) is 0.384. The van der Waals surface area contributed by atoms with Crippen LogP contribution in [0, 0.1) is 21.4 Å². The van der Waals surface area contributed by atoms with Gasteiger partial charge in [-0.3, -0.25) is 19.5 Å². The zero-order valence-electron chi connectivity index (χ0n) is 14.5. The summed E-state index contributed by atoms with van der Waals surface area (Å²) in [5, 5.41) is 22.2. The van der Waals surface area contributed by atoms with Crippen LogP contribution in [-0.2, 0) is 11.3 Å². The van der Waals surface area contributed by atoms with Gasteiger partial charge < -0.3 is 9.73 Å². The fourth-order valence-corrected chi connectivity index (χ4v) is 3.42. The van der Waals surface area contributed by atoms with Crippen LogP contribution in [0.2, 0.25) is 0 Å². The molecule has 0 aliphatic heterocycles. The lowest BCUT2D eigenvalue weighted by Gasteiger charge is -2.10. The molecule has 0 atom stereocenters. The van der Waals surface area contributed by atoms with Crippen molar-refractivity contribution in [1.82, 2.24) is 4.57 Å². The summed E-state index contributed by atoms with van der Waals surface area (Å²) in [5.41, 5.74) is 0.704. The van der Waals surface area contributed by atoms with Crippen molar-refractivity contribution in [2.45, 2.75) is 17.9 Å². The molecule has 0 bridgehead atoms. The molecule has 10 heteroatoms. The number of nitrogens with one attached hydrogen (secondary N) is 1. The van der Waals surface area contributed by atoms with E-state index in [0.29, 0.717) is 23.4 Å². The number of carbonyl (C=O) groups excluding carboxylic acids is 1. The zero-order chi connectivity index (χ0) is 20.1. The first-order valence-corrected chi connectivity index (χ1v) is 9.14. The van der Waals surface area contributed by atoms with Gasteiger partial charge in [-0.05, 0) is 18.2 Å². The molecule has 1 aromatic heterocycles.